The van der Waals surface area contributed by atoms with Gasteiger partial charge < -0.3 is 9.64 Å². The fourth-order valence-electron chi connectivity index (χ4n) is 1.32. The van der Waals surface area contributed by atoms with E-state index in [0.29, 0.717) is 13.2 Å². The lowest BCUT2D eigenvalue weighted by Gasteiger charge is -2.11. The lowest BCUT2D eigenvalue weighted by Crippen LogP contribution is -2.19. The van der Waals surface area contributed by atoms with Gasteiger partial charge in [-0.05, 0) is 43.7 Å². The summed E-state index contributed by atoms with van der Waals surface area (Å²) < 4.78 is 5.57. The normalized spacial score (nSPS) is 10.1. The number of azide groups is 1. The molecule has 0 atom stereocenters. The fourth-order valence-corrected chi connectivity index (χ4v) is 1.32. The van der Waals surface area contributed by atoms with Crippen molar-refractivity contribution in [2.45, 2.75) is 6.42 Å². The molecule has 1 aromatic carbocycles. The van der Waals surface area contributed by atoms with Crippen LogP contribution in [0.4, 0.5) is 0 Å². The number of likely N-dealkylation sites (N-methyl/N-ethyl adjacent to an activating group) is 1. The second kappa shape index (κ2) is 7.54. The summed E-state index contributed by atoms with van der Waals surface area (Å²) in [5, 5.41) is 3.50. The van der Waals surface area contributed by atoms with Crippen molar-refractivity contribution in [2.75, 3.05) is 33.8 Å². The van der Waals surface area contributed by atoms with Crippen LogP contribution in [0.15, 0.2) is 29.4 Å². The van der Waals surface area contributed by atoms with E-state index in [9.17, 15) is 0 Å². The molecule has 0 aliphatic carbocycles. The summed E-state index contributed by atoms with van der Waals surface area (Å²) in [5.41, 5.74) is 9.31. The molecule has 0 amide bonds. The van der Waals surface area contributed by atoms with Crippen molar-refractivity contribution in [3.63, 3.8) is 0 Å². The summed E-state index contributed by atoms with van der Waals surface area (Å²) in [6, 6.07) is 7.89. The Morgan fingerprint density at radius 3 is 2.59 bits per heavy atom. The van der Waals surface area contributed by atoms with E-state index >= 15 is 0 Å². The number of ether oxygens (including phenoxy) is 1. The summed E-state index contributed by atoms with van der Waals surface area (Å²) >= 11 is 0. The highest BCUT2D eigenvalue weighted by atomic mass is 16.5. The molecule has 0 heterocycles. The lowest BCUT2D eigenvalue weighted by molar-refractivity contribution is 0.261. The predicted octanol–water partition coefficient (Wildman–Crippen LogP) is 2.48. The number of rotatable bonds is 7. The second-order valence-corrected chi connectivity index (χ2v) is 4.00. The predicted molar refractivity (Wildman–Crippen MR) is 68.2 cm³/mol. The van der Waals surface area contributed by atoms with E-state index in [-0.39, 0.29) is 0 Å². The van der Waals surface area contributed by atoms with Crippen molar-refractivity contribution in [3.05, 3.63) is 40.3 Å². The van der Waals surface area contributed by atoms with E-state index < -0.39 is 0 Å². The molecule has 5 heteroatoms. The van der Waals surface area contributed by atoms with Gasteiger partial charge in [-0.2, -0.15) is 0 Å². The smallest absolute Gasteiger partial charge is 0.119 e. The standard InChI is InChI=1S/C12H18N4O/c1-16(2)9-10-17-12-5-3-11(4-6-12)7-8-14-15-13/h3-6H,7-10H2,1-2H3. The summed E-state index contributed by atoms with van der Waals surface area (Å²) in [7, 11) is 4.03. The minimum absolute atomic E-state index is 0.497. The van der Waals surface area contributed by atoms with Crippen LogP contribution in [-0.4, -0.2) is 38.7 Å². The third kappa shape index (κ3) is 5.80. The molecule has 0 spiro atoms. The van der Waals surface area contributed by atoms with Gasteiger partial charge in [-0.3, -0.25) is 0 Å². The molecule has 1 rings (SSSR count). The highest BCUT2D eigenvalue weighted by molar-refractivity contribution is 5.27. The van der Waals surface area contributed by atoms with E-state index in [0.717, 1.165) is 24.3 Å². The first-order chi connectivity index (χ1) is 8.22. The maximum absolute atomic E-state index is 8.16. The van der Waals surface area contributed by atoms with Crippen LogP contribution in [0.1, 0.15) is 5.56 Å². The monoisotopic (exact) mass is 234 g/mol. The van der Waals surface area contributed by atoms with Gasteiger partial charge >= 0.3 is 0 Å². The molecule has 0 bridgehead atoms. The molecule has 92 valence electrons. The minimum Gasteiger partial charge on any atom is -0.492 e. The average molecular weight is 234 g/mol. The number of hydrogen-bond acceptors (Lipinski definition) is 3. The lowest BCUT2D eigenvalue weighted by atomic mass is 10.1. The summed E-state index contributed by atoms with van der Waals surface area (Å²) in [6.45, 7) is 2.08. The van der Waals surface area contributed by atoms with E-state index in [1.54, 1.807) is 0 Å². The zero-order valence-corrected chi connectivity index (χ0v) is 10.3. The van der Waals surface area contributed by atoms with Crippen LogP contribution in [0.3, 0.4) is 0 Å². The van der Waals surface area contributed by atoms with Gasteiger partial charge in [0, 0.05) is 18.0 Å². The maximum atomic E-state index is 8.16. The van der Waals surface area contributed by atoms with Crippen LogP contribution in [0.5, 0.6) is 5.75 Å². The van der Waals surface area contributed by atoms with Crippen LogP contribution < -0.4 is 4.74 Å². The molecule has 0 fully saturated rings. The number of nitrogens with zero attached hydrogens (tertiary/aromatic N) is 4. The molecule has 0 aromatic heterocycles. The van der Waals surface area contributed by atoms with Gasteiger partial charge in [0.25, 0.3) is 0 Å². The average Bonchev–Trinajstić information content (AvgIpc) is 2.31. The Kier molecular flexibility index (Phi) is 5.93. The van der Waals surface area contributed by atoms with Gasteiger partial charge in [-0.1, -0.05) is 17.2 Å². The molecular formula is C12H18N4O. The Morgan fingerprint density at radius 2 is 2.00 bits per heavy atom. The van der Waals surface area contributed by atoms with Crippen molar-refractivity contribution < 1.29 is 4.74 Å². The molecule has 17 heavy (non-hydrogen) atoms. The Morgan fingerprint density at radius 1 is 1.29 bits per heavy atom. The van der Waals surface area contributed by atoms with Crippen LogP contribution >= 0.6 is 0 Å². The van der Waals surface area contributed by atoms with Gasteiger partial charge in [-0.15, -0.1) is 0 Å². The molecule has 0 aliphatic heterocycles. The highest BCUT2D eigenvalue weighted by Gasteiger charge is 1.96. The first-order valence-electron chi connectivity index (χ1n) is 5.59. The third-order valence-corrected chi connectivity index (χ3v) is 2.29. The van der Waals surface area contributed by atoms with Crippen LogP contribution in [0, 0.1) is 0 Å². The molecule has 0 radical (unpaired) electrons. The summed E-state index contributed by atoms with van der Waals surface area (Å²) in [5.74, 6) is 0.874. The molecule has 0 unspecified atom stereocenters. The van der Waals surface area contributed by atoms with Crippen LogP contribution in [0.2, 0.25) is 0 Å². The van der Waals surface area contributed by atoms with Crippen molar-refractivity contribution in [1.29, 1.82) is 0 Å². The molecular weight excluding hydrogens is 216 g/mol. The quantitative estimate of drug-likeness (QED) is 0.413. The molecule has 0 saturated heterocycles. The maximum Gasteiger partial charge on any atom is 0.119 e. The van der Waals surface area contributed by atoms with Crippen molar-refractivity contribution in [1.82, 2.24) is 4.90 Å². The SMILES string of the molecule is CN(C)CCOc1ccc(CCN=[N+]=[N-])cc1. The first-order valence-corrected chi connectivity index (χ1v) is 5.59. The molecule has 1 aromatic rings. The first kappa shape index (κ1) is 13.4. The third-order valence-electron chi connectivity index (χ3n) is 2.29. The zero-order valence-electron chi connectivity index (χ0n) is 10.3. The molecule has 0 aliphatic rings. The Balaban J connectivity index is 2.36. The summed E-state index contributed by atoms with van der Waals surface area (Å²) in [6.07, 6.45) is 0.766. The van der Waals surface area contributed by atoms with Crippen LogP contribution in [-0.2, 0) is 6.42 Å². The minimum atomic E-state index is 0.497. The van der Waals surface area contributed by atoms with Gasteiger partial charge in [0.1, 0.15) is 12.4 Å². The van der Waals surface area contributed by atoms with Crippen molar-refractivity contribution in [2.24, 2.45) is 5.11 Å². The topological polar surface area (TPSA) is 61.2 Å². The molecule has 0 saturated carbocycles. The van der Waals surface area contributed by atoms with E-state index in [1.165, 1.54) is 0 Å². The van der Waals surface area contributed by atoms with E-state index in [1.807, 2.05) is 38.4 Å². The number of hydrogen-bond donors (Lipinski definition) is 0. The second-order valence-electron chi connectivity index (χ2n) is 4.00. The number of benzene rings is 1. The van der Waals surface area contributed by atoms with Gasteiger partial charge in [-0.25, -0.2) is 0 Å². The van der Waals surface area contributed by atoms with Crippen molar-refractivity contribution in [3.8, 4) is 5.75 Å². The largest absolute Gasteiger partial charge is 0.492 e. The summed E-state index contributed by atoms with van der Waals surface area (Å²) in [4.78, 5) is 4.80. The van der Waals surface area contributed by atoms with E-state index in [2.05, 4.69) is 14.9 Å². The molecule has 0 N–H and O–H groups in total. The zero-order chi connectivity index (χ0) is 12.5. The molecule has 5 nitrogen and oxygen atoms in total. The van der Waals surface area contributed by atoms with Gasteiger partial charge in [0.05, 0.1) is 0 Å². The Hall–Kier alpha value is -1.71. The van der Waals surface area contributed by atoms with Crippen molar-refractivity contribution >= 4 is 0 Å². The van der Waals surface area contributed by atoms with E-state index in [4.69, 9.17) is 10.3 Å². The Bertz CT molecular complexity index is 369. The Labute approximate surface area is 102 Å². The van der Waals surface area contributed by atoms with Gasteiger partial charge in [0.2, 0.25) is 0 Å². The van der Waals surface area contributed by atoms with Gasteiger partial charge in [0.15, 0.2) is 0 Å². The fraction of sp³-hybridized carbons (Fsp3) is 0.500. The van der Waals surface area contributed by atoms with Crippen LogP contribution in [0.25, 0.3) is 10.4 Å². The highest BCUT2D eigenvalue weighted by Crippen LogP contribution is 2.12.